The summed E-state index contributed by atoms with van der Waals surface area (Å²) < 4.78 is 26.4. The molecule has 9 heteroatoms. The van der Waals surface area contributed by atoms with E-state index in [4.69, 9.17) is 19.3 Å². The molecule has 0 spiro atoms. The maximum Gasteiger partial charge on any atom is 0.469 e. The smallest absolute Gasteiger partial charge is 0.462 e. The highest BCUT2D eigenvalue weighted by atomic mass is 31.2. The molecule has 0 amide bonds. The van der Waals surface area contributed by atoms with Gasteiger partial charge in [-0.3, -0.25) is 14.1 Å². The van der Waals surface area contributed by atoms with E-state index in [-0.39, 0.29) is 19.4 Å². The first-order chi connectivity index (χ1) is 25.3. The second kappa shape index (κ2) is 39.2. The van der Waals surface area contributed by atoms with Gasteiger partial charge in [-0.05, 0) is 44.9 Å². The Bertz CT molecular complexity index is 900. The van der Waals surface area contributed by atoms with Crippen molar-refractivity contribution in [3.63, 3.8) is 0 Å². The molecule has 0 aliphatic rings. The maximum atomic E-state index is 12.4. The average molecular weight is 757 g/mol. The molecule has 0 bridgehead atoms. The number of carbonyl (C=O) groups is 2. The molecule has 1 unspecified atom stereocenters. The highest BCUT2D eigenvalue weighted by Crippen LogP contribution is 2.36. The fourth-order valence-electron chi connectivity index (χ4n) is 6.23. The molecule has 0 saturated carbocycles. The van der Waals surface area contributed by atoms with Gasteiger partial charge in [0.25, 0.3) is 0 Å². The van der Waals surface area contributed by atoms with Crippen LogP contribution in [0.2, 0.25) is 0 Å². The third kappa shape index (κ3) is 41.3. The standard InChI is InChI=1S/C43H81O8P/c1-3-5-7-9-11-13-15-17-19-20-21-22-24-26-28-30-32-34-36-38-43(45)51-41(40-50-52(46,47)48)39-49-42(44)37-35-33-31-29-27-25-23-18-16-14-12-10-8-6-4-2/h11,13,17,19,41H,3-10,12,14-16,18,20-40H2,1-2H3,(H2,46,47,48)/b13-11-,19-17-. The number of esters is 2. The molecule has 0 aromatic rings. The molecule has 0 aromatic heterocycles. The fourth-order valence-corrected chi connectivity index (χ4v) is 6.59. The summed E-state index contributed by atoms with van der Waals surface area (Å²) in [6, 6.07) is 0. The number of hydrogen-bond donors (Lipinski definition) is 2. The van der Waals surface area contributed by atoms with E-state index in [1.807, 2.05) is 0 Å². The van der Waals surface area contributed by atoms with Crippen LogP contribution in [0.1, 0.15) is 219 Å². The molecule has 0 radical (unpaired) electrons. The highest BCUT2D eigenvalue weighted by molar-refractivity contribution is 7.46. The minimum Gasteiger partial charge on any atom is -0.462 e. The normalized spacial score (nSPS) is 12.6. The predicted octanol–water partition coefficient (Wildman–Crippen LogP) is 13.2. The Morgan fingerprint density at radius 1 is 0.500 bits per heavy atom. The summed E-state index contributed by atoms with van der Waals surface area (Å²) in [6.45, 7) is 3.68. The zero-order valence-electron chi connectivity index (χ0n) is 33.7. The van der Waals surface area contributed by atoms with Crippen LogP contribution in [0.3, 0.4) is 0 Å². The number of rotatable bonds is 40. The van der Waals surface area contributed by atoms with E-state index in [1.54, 1.807) is 0 Å². The zero-order chi connectivity index (χ0) is 38.2. The van der Waals surface area contributed by atoms with Crippen LogP contribution in [0, 0.1) is 0 Å². The molecule has 306 valence electrons. The first-order valence-electron chi connectivity index (χ1n) is 21.6. The minimum absolute atomic E-state index is 0.210. The number of allylic oxidation sites excluding steroid dienone is 4. The van der Waals surface area contributed by atoms with Crippen molar-refractivity contribution in [2.45, 2.75) is 225 Å². The molecule has 2 N–H and O–H groups in total. The van der Waals surface area contributed by atoms with E-state index in [0.29, 0.717) is 6.42 Å². The Kier molecular flexibility index (Phi) is 38.1. The molecule has 0 rings (SSSR count). The summed E-state index contributed by atoms with van der Waals surface area (Å²) in [7, 11) is -4.75. The van der Waals surface area contributed by atoms with Crippen molar-refractivity contribution in [2.24, 2.45) is 0 Å². The Labute approximate surface area is 319 Å². The van der Waals surface area contributed by atoms with Crippen LogP contribution in [-0.4, -0.2) is 41.0 Å². The number of phosphoric ester groups is 1. The van der Waals surface area contributed by atoms with Gasteiger partial charge in [0.05, 0.1) is 6.61 Å². The van der Waals surface area contributed by atoms with Crippen molar-refractivity contribution in [1.82, 2.24) is 0 Å². The monoisotopic (exact) mass is 757 g/mol. The number of phosphoric acid groups is 1. The van der Waals surface area contributed by atoms with E-state index in [1.165, 1.54) is 135 Å². The van der Waals surface area contributed by atoms with Gasteiger partial charge >= 0.3 is 19.8 Å². The number of unbranched alkanes of at least 4 members (excludes halogenated alkanes) is 26. The van der Waals surface area contributed by atoms with Crippen LogP contribution >= 0.6 is 7.82 Å². The van der Waals surface area contributed by atoms with Crippen LogP contribution in [0.4, 0.5) is 0 Å². The fraction of sp³-hybridized carbons (Fsp3) is 0.860. The summed E-state index contributed by atoms with van der Waals surface area (Å²) in [5.74, 6) is -0.880. The van der Waals surface area contributed by atoms with Crippen LogP contribution in [0.15, 0.2) is 24.3 Å². The number of ether oxygens (including phenoxy) is 2. The third-order valence-electron chi connectivity index (χ3n) is 9.47. The summed E-state index contributed by atoms with van der Waals surface area (Å²) in [4.78, 5) is 42.9. The van der Waals surface area contributed by atoms with Crippen LogP contribution < -0.4 is 0 Å². The number of carbonyl (C=O) groups excluding carboxylic acids is 2. The van der Waals surface area contributed by atoms with Gasteiger partial charge in [-0.25, -0.2) is 4.57 Å². The second-order valence-electron chi connectivity index (χ2n) is 14.7. The first kappa shape index (κ1) is 50.5. The molecule has 0 saturated heterocycles. The largest absolute Gasteiger partial charge is 0.469 e. The lowest BCUT2D eigenvalue weighted by atomic mass is 10.0. The molecular weight excluding hydrogens is 675 g/mol. The predicted molar refractivity (Wildman–Crippen MR) is 216 cm³/mol. The molecule has 1 atom stereocenters. The van der Waals surface area contributed by atoms with E-state index >= 15 is 0 Å². The van der Waals surface area contributed by atoms with Gasteiger partial charge in [0.1, 0.15) is 6.61 Å². The molecule has 0 aliphatic heterocycles. The van der Waals surface area contributed by atoms with Gasteiger partial charge in [-0.15, -0.1) is 0 Å². The van der Waals surface area contributed by atoms with Gasteiger partial charge < -0.3 is 19.3 Å². The highest BCUT2D eigenvalue weighted by Gasteiger charge is 2.22. The zero-order valence-corrected chi connectivity index (χ0v) is 34.6. The van der Waals surface area contributed by atoms with Crippen LogP contribution in [0.5, 0.6) is 0 Å². The molecule has 0 fully saturated rings. The molecule has 0 aromatic carbocycles. The van der Waals surface area contributed by atoms with E-state index in [0.717, 1.165) is 51.4 Å². The minimum atomic E-state index is -4.75. The Morgan fingerprint density at radius 2 is 0.865 bits per heavy atom. The molecule has 52 heavy (non-hydrogen) atoms. The van der Waals surface area contributed by atoms with Gasteiger partial charge in [0.15, 0.2) is 6.10 Å². The van der Waals surface area contributed by atoms with Crippen LogP contribution in [0.25, 0.3) is 0 Å². The lowest BCUT2D eigenvalue weighted by Crippen LogP contribution is -2.29. The lowest BCUT2D eigenvalue weighted by molar-refractivity contribution is -0.161. The summed E-state index contributed by atoms with van der Waals surface area (Å²) in [6.07, 6.45) is 44.6. The van der Waals surface area contributed by atoms with E-state index in [2.05, 4.69) is 42.7 Å². The first-order valence-corrected chi connectivity index (χ1v) is 23.2. The Morgan fingerprint density at radius 3 is 1.31 bits per heavy atom. The maximum absolute atomic E-state index is 12.4. The van der Waals surface area contributed by atoms with Gasteiger partial charge in [0.2, 0.25) is 0 Å². The van der Waals surface area contributed by atoms with Gasteiger partial charge in [0, 0.05) is 12.8 Å². The van der Waals surface area contributed by atoms with E-state index < -0.39 is 32.5 Å². The quantitative estimate of drug-likeness (QED) is 0.0274. The van der Waals surface area contributed by atoms with Crippen LogP contribution in [-0.2, 0) is 28.2 Å². The summed E-state index contributed by atoms with van der Waals surface area (Å²) >= 11 is 0. The SMILES string of the molecule is CCCCC/C=C\C/C=C\CCCCCCCCCCCC(=O)OC(COC(=O)CCCCCCCCCCCCCCCCC)COP(=O)(O)O. The van der Waals surface area contributed by atoms with Gasteiger partial charge in [-0.2, -0.15) is 0 Å². The van der Waals surface area contributed by atoms with Crippen molar-refractivity contribution in [2.75, 3.05) is 13.2 Å². The third-order valence-corrected chi connectivity index (χ3v) is 9.96. The van der Waals surface area contributed by atoms with Crippen molar-refractivity contribution in [3.05, 3.63) is 24.3 Å². The number of hydrogen-bond acceptors (Lipinski definition) is 6. The lowest BCUT2D eigenvalue weighted by Gasteiger charge is -2.18. The summed E-state index contributed by atoms with van der Waals surface area (Å²) in [5.41, 5.74) is 0. The van der Waals surface area contributed by atoms with Crippen molar-refractivity contribution >= 4 is 19.8 Å². The average Bonchev–Trinajstić information content (AvgIpc) is 3.11. The van der Waals surface area contributed by atoms with E-state index in [9.17, 15) is 14.2 Å². The molecule has 0 heterocycles. The Balaban J connectivity index is 3.88. The Hall–Kier alpha value is -1.47. The second-order valence-corrected chi connectivity index (χ2v) is 15.9. The molecule has 8 nitrogen and oxygen atoms in total. The van der Waals surface area contributed by atoms with Crippen molar-refractivity contribution in [3.8, 4) is 0 Å². The molecular formula is C43H81O8P. The topological polar surface area (TPSA) is 119 Å². The van der Waals surface area contributed by atoms with Crippen molar-refractivity contribution < 1.29 is 37.9 Å². The van der Waals surface area contributed by atoms with Gasteiger partial charge in [-0.1, -0.05) is 186 Å². The molecule has 0 aliphatic carbocycles. The summed E-state index contributed by atoms with van der Waals surface area (Å²) in [5, 5.41) is 0. The van der Waals surface area contributed by atoms with Crippen molar-refractivity contribution in [1.29, 1.82) is 0 Å².